The summed E-state index contributed by atoms with van der Waals surface area (Å²) in [5, 5.41) is 2.88. The van der Waals surface area contributed by atoms with Crippen molar-refractivity contribution < 1.29 is 9.53 Å². The van der Waals surface area contributed by atoms with E-state index in [1.165, 1.54) is 17.9 Å². The van der Waals surface area contributed by atoms with Gasteiger partial charge in [0.15, 0.2) is 0 Å². The van der Waals surface area contributed by atoms with Crippen LogP contribution in [0.15, 0.2) is 18.2 Å². The van der Waals surface area contributed by atoms with Crippen LogP contribution in [-0.2, 0) is 4.79 Å². The number of hydrogen-bond donors (Lipinski definition) is 2. The molecule has 1 amide bonds. The van der Waals surface area contributed by atoms with E-state index in [1.54, 1.807) is 25.3 Å². The van der Waals surface area contributed by atoms with Crippen LogP contribution in [-0.4, -0.2) is 49.1 Å². The van der Waals surface area contributed by atoms with E-state index in [0.29, 0.717) is 29.6 Å². The van der Waals surface area contributed by atoms with E-state index in [0.717, 1.165) is 6.54 Å². The van der Waals surface area contributed by atoms with Gasteiger partial charge in [0.2, 0.25) is 5.91 Å². The maximum Gasteiger partial charge on any atom is 0.225 e. The summed E-state index contributed by atoms with van der Waals surface area (Å²) in [6.45, 7) is 0.772. The maximum absolute atomic E-state index is 12.1. The van der Waals surface area contributed by atoms with Crippen molar-refractivity contribution in [3.63, 3.8) is 0 Å². The number of hydrogen-bond acceptors (Lipinski definition) is 5. The number of benzene rings is 1. The normalized spacial score (nSPS) is 18.0. The number of nitrogens with one attached hydrogen (secondary N) is 1. The molecule has 1 aromatic rings. The molecule has 1 aromatic carbocycles. The van der Waals surface area contributed by atoms with E-state index in [-0.39, 0.29) is 5.91 Å². The van der Waals surface area contributed by atoms with Crippen LogP contribution >= 0.6 is 11.8 Å². The number of carbonyl (C=O) groups excluding carboxylic acids is 1. The van der Waals surface area contributed by atoms with Gasteiger partial charge in [0.25, 0.3) is 0 Å². The second kappa shape index (κ2) is 7.56. The summed E-state index contributed by atoms with van der Waals surface area (Å²) < 4.78 is 5.23. The van der Waals surface area contributed by atoms with Crippen molar-refractivity contribution >= 4 is 29.0 Å². The van der Waals surface area contributed by atoms with E-state index >= 15 is 0 Å². The van der Waals surface area contributed by atoms with Crippen molar-refractivity contribution in [2.45, 2.75) is 18.9 Å². The Morgan fingerprint density at radius 1 is 1.57 bits per heavy atom. The smallest absolute Gasteiger partial charge is 0.225 e. The molecule has 1 aliphatic rings. The average molecular weight is 309 g/mol. The van der Waals surface area contributed by atoms with Crippen LogP contribution in [0.4, 0.5) is 11.4 Å². The molecule has 1 heterocycles. The van der Waals surface area contributed by atoms with Crippen molar-refractivity contribution in [2.75, 3.05) is 43.3 Å². The molecule has 1 atom stereocenters. The number of nitrogen functional groups attached to an aromatic ring is 1. The molecule has 116 valence electrons. The number of nitrogens with zero attached hydrogens (tertiary/aromatic N) is 1. The zero-order valence-corrected chi connectivity index (χ0v) is 13.4. The standard InChI is InChI=1S/C15H23N3O2S/c1-18(12-6-8-21-10-12)7-5-15(19)17-13-4-3-11(16)9-14(13)20-2/h3-4,9,12H,5-8,10,16H2,1-2H3,(H,17,19). The van der Waals surface area contributed by atoms with Crippen molar-refractivity contribution in [2.24, 2.45) is 0 Å². The summed E-state index contributed by atoms with van der Waals surface area (Å²) in [7, 11) is 3.66. The minimum Gasteiger partial charge on any atom is -0.494 e. The largest absolute Gasteiger partial charge is 0.494 e. The third-order valence-electron chi connectivity index (χ3n) is 3.72. The highest BCUT2D eigenvalue weighted by Crippen LogP contribution is 2.26. The lowest BCUT2D eigenvalue weighted by Crippen LogP contribution is -2.34. The number of rotatable bonds is 6. The minimum absolute atomic E-state index is 0.00410. The highest BCUT2D eigenvalue weighted by Gasteiger charge is 2.20. The lowest BCUT2D eigenvalue weighted by atomic mass is 10.2. The summed E-state index contributed by atoms with van der Waals surface area (Å²) >= 11 is 1.98. The molecule has 5 nitrogen and oxygen atoms in total. The third kappa shape index (κ3) is 4.54. The first-order chi connectivity index (χ1) is 10.1. The number of ether oxygens (including phenoxy) is 1. The SMILES string of the molecule is COc1cc(N)ccc1NC(=O)CCN(C)C1CCSC1. The molecule has 1 aliphatic heterocycles. The van der Waals surface area contributed by atoms with Gasteiger partial charge in [-0.1, -0.05) is 0 Å². The Bertz CT molecular complexity index is 490. The molecular formula is C15H23N3O2S. The van der Waals surface area contributed by atoms with Crippen LogP contribution in [0.5, 0.6) is 5.75 Å². The second-order valence-electron chi connectivity index (χ2n) is 5.26. The minimum atomic E-state index is -0.00410. The van der Waals surface area contributed by atoms with E-state index in [1.807, 2.05) is 11.8 Å². The Morgan fingerprint density at radius 2 is 2.38 bits per heavy atom. The molecule has 0 spiro atoms. The predicted molar refractivity (Wildman–Crippen MR) is 89.0 cm³/mol. The molecular weight excluding hydrogens is 286 g/mol. The monoisotopic (exact) mass is 309 g/mol. The Kier molecular flexibility index (Phi) is 5.76. The van der Waals surface area contributed by atoms with Gasteiger partial charge in [0, 0.05) is 36.5 Å². The van der Waals surface area contributed by atoms with Gasteiger partial charge in [0.1, 0.15) is 5.75 Å². The number of thioether (sulfide) groups is 1. The van der Waals surface area contributed by atoms with Crippen LogP contribution in [0.1, 0.15) is 12.8 Å². The molecule has 0 radical (unpaired) electrons. The van der Waals surface area contributed by atoms with Crippen molar-refractivity contribution in [1.82, 2.24) is 4.90 Å². The Morgan fingerprint density at radius 3 is 3.05 bits per heavy atom. The number of carbonyl (C=O) groups is 1. The highest BCUT2D eigenvalue weighted by molar-refractivity contribution is 7.99. The first kappa shape index (κ1) is 16.0. The summed E-state index contributed by atoms with van der Waals surface area (Å²) in [6, 6.07) is 5.83. The average Bonchev–Trinajstić information content (AvgIpc) is 3.01. The highest BCUT2D eigenvalue weighted by atomic mass is 32.2. The van der Waals surface area contributed by atoms with E-state index in [2.05, 4.69) is 17.3 Å². The van der Waals surface area contributed by atoms with Crippen LogP contribution in [0.3, 0.4) is 0 Å². The van der Waals surface area contributed by atoms with Crippen LogP contribution in [0, 0.1) is 0 Å². The number of amides is 1. The van der Waals surface area contributed by atoms with Gasteiger partial charge < -0.3 is 20.7 Å². The van der Waals surface area contributed by atoms with Crippen molar-refractivity contribution in [1.29, 1.82) is 0 Å². The Hall–Kier alpha value is -1.40. The lowest BCUT2D eigenvalue weighted by molar-refractivity contribution is -0.116. The number of anilines is 2. The molecule has 2 rings (SSSR count). The fourth-order valence-electron chi connectivity index (χ4n) is 2.35. The van der Waals surface area contributed by atoms with Gasteiger partial charge in [-0.2, -0.15) is 11.8 Å². The Labute approximate surface area is 130 Å². The molecule has 1 unspecified atom stereocenters. The summed E-state index contributed by atoms with van der Waals surface area (Å²) in [4.78, 5) is 14.3. The molecule has 0 aromatic heterocycles. The van der Waals surface area contributed by atoms with E-state index < -0.39 is 0 Å². The maximum atomic E-state index is 12.1. The van der Waals surface area contributed by atoms with Gasteiger partial charge >= 0.3 is 0 Å². The van der Waals surface area contributed by atoms with E-state index in [9.17, 15) is 4.79 Å². The molecule has 21 heavy (non-hydrogen) atoms. The van der Waals surface area contributed by atoms with Gasteiger partial charge in [0.05, 0.1) is 12.8 Å². The Balaban J connectivity index is 1.84. The fraction of sp³-hybridized carbons (Fsp3) is 0.533. The van der Waals surface area contributed by atoms with Gasteiger partial charge in [-0.15, -0.1) is 0 Å². The van der Waals surface area contributed by atoms with Crippen LogP contribution in [0.25, 0.3) is 0 Å². The van der Waals surface area contributed by atoms with Gasteiger partial charge in [-0.25, -0.2) is 0 Å². The lowest BCUT2D eigenvalue weighted by Gasteiger charge is -2.23. The third-order valence-corrected chi connectivity index (χ3v) is 4.87. The first-order valence-corrected chi connectivity index (χ1v) is 8.27. The summed E-state index contributed by atoms with van der Waals surface area (Å²) in [6.07, 6.45) is 1.69. The molecule has 3 N–H and O–H groups in total. The zero-order chi connectivity index (χ0) is 15.2. The van der Waals surface area contributed by atoms with Crippen molar-refractivity contribution in [3.8, 4) is 5.75 Å². The van der Waals surface area contributed by atoms with Gasteiger partial charge in [-0.05, 0) is 31.4 Å². The molecule has 0 aliphatic carbocycles. The molecule has 0 bridgehead atoms. The van der Waals surface area contributed by atoms with Crippen LogP contribution in [0.2, 0.25) is 0 Å². The molecule has 6 heteroatoms. The number of methoxy groups -OCH3 is 1. The number of nitrogens with two attached hydrogens (primary N) is 1. The molecule has 1 saturated heterocycles. The van der Waals surface area contributed by atoms with Crippen LogP contribution < -0.4 is 15.8 Å². The van der Waals surface area contributed by atoms with Gasteiger partial charge in [-0.3, -0.25) is 4.79 Å². The van der Waals surface area contributed by atoms with Crippen molar-refractivity contribution in [3.05, 3.63) is 18.2 Å². The quantitative estimate of drug-likeness (QED) is 0.787. The molecule has 0 saturated carbocycles. The second-order valence-corrected chi connectivity index (χ2v) is 6.41. The predicted octanol–water partition coefficient (Wildman–Crippen LogP) is 2.04. The fourth-order valence-corrected chi connectivity index (χ4v) is 3.65. The first-order valence-electron chi connectivity index (χ1n) is 7.11. The van der Waals surface area contributed by atoms with E-state index in [4.69, 9.17) is 10.5 Å². The summed E-state index contributed by atoms with van der Waals surface area (Å²) in [5.74, 6) is 2.98. The summed E-state index contributed by atoms with van der Waals surface area (Å²) in [5.41, 5.74) is 6.98. The topological polar surface area (TPSA) is 67.6 Å². The zero-order valence-electron chi connectivity index (χ0n) is 12.6. The molecule has 1 fully saturated rings.